The van der Waals surface area contributed by atoms with Gasteiger partial charge in [-0.1, -0.05) is 0 Å². The molecule has 1 rings (SSSR count). The summed E-state index contributed by atoms with van der Waals surface area (Å²) in [6.07, 6.45) is -0.938. The van der Waals surface area contributed by atoms with Crippen LogP contribution in [0.3, 0.4) is 0 Å². The Kier molecular flexibility index (Phi) is 4.23. The maximum atomic E-state index is 11.7. The van der Waals surface area contributed by atoms with Crippen LogP contribution < -0.4 is 5.32 Å². The molecule has 1 atom stereocenters. The molecule has 0 aromatic heterocycles. The molecule has 0 aliphatic carbocycles. The fraction of sp³-hybridized carbons (Fsp3) is 0.929. The number of ether oxygens (including phenoxy) is 3. The van der Waals surface area contributed by atoms with E-state index in [1.165, 1.54) is 0 Å². The van der Waals surface area contributed by atoms with Gasteiger partial charge in [-0.2, -0.15) is 0 Å². The summed E-state index contributed by atoms with van der Waals surface area (Å²) >= 11 is 0. The number of hydrogen-bond donors (Lipinski definition) is 1. The second-order valence-electron chi connectivity index (χ2n) is 7.06. The molecule has 1 fully saturated rings. The Balaban J connectivity index is 2.57. The summed E-state index contributed by atoms with van der Waals surface area (Å²) in [6.45, 7) is 15.2. The second kappa shape index (κ2) is 4.94. The first-order valence-corrected chi connectivity index (χ1v) is 6.69. The predicted molar refractivity (Wildman–Crippen MR) is 72.9 cm³/mol. The van der Waals surface area contributed by atoms with Gasteiger partial charge in [0.05, 0.1) is 17.2 Å². The average molecular weight is 273 g/mol. The quantitative estimate of drug-likeness (QED) is 0.840. The van der Waals surface area contributed by atoms with Gasteiger partial charge in [0.25, 0.3) is 0 Å². The van der Waals surface area contributed by atoms with Crippen LogP contribution in [0, 0.1) is 0 Å². The van der Waals surface area contributed by atoms with Crippen LogP contribution in [0.15, 0.2) is 0 Å². The molecule has 1 heterocycles. The van der Waals surface area contributed by atoms with Crippen molar-refractivity contribution in [2.24, 2.45) is 0 Å². The van der Waals surface area contributed by atoms with Gasteiger partial charge < -0.3 is 19.5 Å². The molecule has 5 heteroatoms. The fourth-order valence-corrected chi connectivity index (χ4v) is 1.65. The fourth-order valence-electron chi connectivity index (χ4n) is 1.65. The Morgan fingerprint density at radius 3 is 1.95 bits per heavy atom. The highest BCUT2D eigenvalue weighted by atomic mass is 16.7. The Hall–Kier alpha value is -0.810. The third-order valence-electron chi connectivity index (χ3n) is 3.42. The van der Waals surface area contributed by atoms with Crippen LogP contribution in [0.25, 0.3) is 0 Å². The van der Waals surface area contributed by atoms with E-state index in [4.69, 9.17) is 14.2 Å². The number of alkyl carbamates (subject to hydrolysis) is 1. The summed E-state index contributed by atoms with van der Waals surface area (Å²) in [6, 6.07) is -0.282. The lowest BCUT2D eigenvalue weighted by Gasteiger charge is -2.30. The second-order valence-corrected chi connectivity index (χ2v) is 7.06. The third kappa shape index (κ3) is 4.08. The number of hydrogen-bond acceptors (Lipinski definition) is 4. The highest BCUT2D eigenvalue weighted by Crippen LogP contribution is 2.39. The van der Waals surface area contributed by atoms with E-state index in [9.17, 15) is 4.79 Å². The Labute approximate surface area is 116 Å². The molecule has 0 bridgehead atoms. The molecule has 0 aromatic carbocycles. The topological polar surface area (TPSA) is 56.8 Å². The highest BCUT2D eigenvalue weighted by Gasteiger charge is 2.50. The Bertz CT molecular complexity index is 328. The van der Waals surface area contributed by atoms with Crippen molar-refractivity contribution in [3.05, 3.63) is 0 Å². The minimum absolute atomic E-state index is 0.282. The molecular weight excluding hydrogens is 246 g/mol. The zero-order valence-corrected chi connectivity index (χ0v) is 13.3. The van der Waals surface area contributed by atoms with E-state index < -0.39 is 29.2 Å². The average Bonchev–Trinajstić information content (AvgIpc) is 2.32. The van der Waals surface area contributed by atoms with Crippen molar-refractivity contribution < 1.29 is 19.0 Å². The van der Waals surface area contributed by atoms with Crippen LogP contribution in [-0.2, 0) is 14.2 Å². The van der Waals surface area contributed by atoms with Crippen molar-refractivity contribution in [2.45, 2.75) is 84.5 Å². The van der Waals surface area contributed by atoms with Crippen molar-refractivity contribution in [3.63, 3.8) is 0 Å². The highest BCUT2D eigenvalue weighted by molar-refractivity contribution is 5.68. The van der Waals surface area contributed by atoms with Gasteiger partial charge in [-0.25, -0.2) is 4.79 Å². The summed E-state index contributed by atoms with van der Waals surface area (Å²) in [5, 5.41) is 2.74. The van der Waals surface area contributed by atoms with Crippen LogP contribution in [0.4, 0.5) is 4.79 Å². The molecule has 1 amide bonds. The molecular formula is C14H27NO4. The predicted octanol–water partition coefficient (Wildman–Crippen LogP) is 2.83. The van der Waals surface area contributed by atoms with Crippen molar-refractivity contribution in [3.8, 4) is 0 Å². The molecule has 0 aromatic rings. The lowest BCUT2D eigenvalue weighted by Crippen LogP contribution is -2.44. The molecule has 1 unspecified atom stereocenters. The molecule has 0 radical (unpaired) electrons. The maximum Gasteiger partial charge on any atom is 0.408 e. The molecule has 112 valence electrons. The largest absolute Gasteiger partial charge is 0.444 e. The summed E-state index contributed by atoms with van der Waals surface area (Å²) in [4.78, 5) is 11.7. The van der Waals surface area contributed by atoms with Crippen LogP contribution in [0.2, 0.25) is 0 Å². The van der Waals surface area contributed by atoms with Crippen molar-refractivity contribution in [2.75, 3.05) is 0 Å². The minimum Gasteiger partial charge on any atom is -0.444 e. The number of amides is 1. The Morgan fingerprint density at radius 2 is 1.58 bits per heavy atom. The normalized spacial score (nSPS) is 24.0. The first kappa shape index (κ1) is 16.2. The van der Waals surface area contributed by atoms with Crippen LogP contribution in [0.1, 0.15) is 55.4 Å². The van der Waals surface area contributed by atoms with Gasteiger partial charge in [0, 0.05) is 0 Å². The molecule has 1 aliphatic rings. The number of carbonyl (C=O) groups is 1. The molecule has 5 nitrogen and oxygen atoms in total. The standard InChI is InChI=1S/C14H27NO4/c1-9(15-11(16)19-12(2,3)4)10-17-13(5,6)14(7,8)18-10/h9-10H,1-8H3,(H,15,16). The van der Waals surface area contributed by atoms with Gasteiger partial charge in [-0.15, -0.1) is 0 Å². The van der Waals surface area contributed by atoms with Gasteiger partial charge in [0.15, 0.2) is 6.29 Å². The van der Waals surface area contributed by atoms with Crippen molar-refractivity contribution in [1.82, 2.24) is 5.32 Å². The van der Waals surface area contributed by atoms with Gasteiger partial charge in [-0.05, 0) is 55.4 Å². The van der Waals surface area contributed by atoms with Crippen LogP contribution in [0.5, 0.6) is 0 Å². The first-order chi connectivity index (χ1) is 8.34. The van der Waals surface area contributed by atoms with Crippen molar-refractivity contribution >= 4 is 6.09 Å². The zero-order chi connectivity index (χ0) is 15.1. The van der Waals surface area contributed by atoms with Crippen LogP contribution >= 0.6 is 0 Å². The molecule has 19 heavy (non-hydrogen) atoms. The van der Waals surface area contributed by atoms with E-state index in [-0.39, 0.29) is 6.04 Å². The summed E-state index contributed by atoms with van der Waals surface area (Å²) in [5.41, 5.74) is -1.32. The van der Waals surface area contributed by atoms with E-state index in [1.54, 1.807) is 0 Å². The van der Waals surface area contributed by atoms with E-state index in [0.29, 0.717) is 0 Å². The molecule has 1 saturated heterocycles. The van der Waals surface area contributed by atoms with E-state index in [2.05, 4.69) is 5.32 Å². The van der Waals surface area contributed by atoms with Crippen molar-refractivity contribution in [1.29, 1.82) is 0 Å². The molecule has 0 spiro atoms. The van der Waals surface area contributed by atoms with E-state index in [1.807, 2.05) is 55.4 Å². The summed E-state index contributed by atoms with van der Waals surface area (Å²) in [7, 11) is 0. The SMILES string of the molecule is CC(NC(=O)OC(C)(C)C)C1OC(C)(C)C(C)(C)O1. The zero-order valence-electron chi connectivity index (χ0n) is 13.3. The molecule has 1 N–H and O–H groups in total. The van der Waals surface area contributed by atoms with E-state index >= 15 is 0 Å². The smallest absolute Gasteiger partial charge is 0.408 e. The van der Waals surface area contributed by atoms with E-state index in [0.717, 1.165) is 0 Å². The number of rotatable bonds is 2. The minimum atomic E-state index is -0.514. The monoisotopic (exact) mass is 273 g/mol. The Morgan fingerprint density at radius 1 is 1.16 bits per heavy atom. The summed E-state index contributed by atoms with van der Waals surface area (Å²) < 4.78 is 16.9. The number of nitrogens with one attached hydrogen (secondary N) is 1. The lowest BCUT2D eigenvalue weighted by atomic mass is 9.90. The van der Waals surface area contributed by atoms with Gasteiger partial charge >= 0.3 is 6.09 Å². The van der Waals surface area contributed by atoms with Gasteiger partial charge in [0.2, 0.25) is 0 Å². The lowest BCUT2D eigenvalue weighted by molar-refractivity contribution is -0.104. The molecule has 1 aliphatic heterocycles. The first-order valence-electron chi connectivity index (χ1n) is 6.69. The molecule has 0 saturated carbocycles. The third-order valence-corrected chi connectivity index (χ3v) is 3.42. The van der Waals surface area contributed by atoms with Gasteiger partial charge in [0.1, 0.15) is 5.60 Å². The maximum absolute atomic E-state index is 11.7. The number of carbonyl (C=O) groups excluding carboxylic acids is 1. The van der Waals surface area contributed by atoms with Crippen LogP contribution in [-0.4, -0.2) is 35.2 Å². The summed E-state index contributed by atoms with van der Waals surface area (Å²) in [5.74, 6) is 0. The van der Waals surface area contributed by atoms with Gasteiger partial charge in [-0.3, -0.25) is 0 Å².